The molecule has 0 bridgehead atoms. The molecule has 2 aliphatic heterocycles. The molecule has 12 nitrogen and oxygen atoms in total. The second-order valence-corrected chi connectivity index (χ2v) is 9.83. The molecular weight excluding hydrogens is 559 g/mol. The van der Waals surface area contributed by atoms with E-state index in [1.54, 1.807) is 7.05 Å². The average Bonchev–Trinajstić information content (AvgIpc) is 3.36. The van der Waals surface area contributed by atoms with Crippen molar-refractivity contribution in [2.75, 3.05) is 50.5 Å². The quantitative estimate of drug-likeness (QED) is 0.457. The number of carboxylic acid groups (broad SMARTS) is 1. The van der Waals surface area contributed by atoms with Crippen LogP contribution in [0.25, 0.3) is 0 Å². The number of aromatic nitrogens is 3. The van der Waals surface area contributed by atoms with Gasteiger partial charge in [-0.3, -0.25) is 9.88 Å². The maximum absolute atomic E-state index is 12.3. The summed E-state index contributed by atoms with van der Waals surface area (Å²) in [7, 11) is 1.72. The molecule has 2 saturated heterocycles. The van der Waals surface area contributed by atoms with Gasteiger partial charge in [-0.25, -0.2) is 9.59 Å². The van der Waals surface area contributed by atoms with Crippen LogP contribution >= 0.6 is 11.6 Å². The molecule has 0 radical (unpaired) electrons. The molecule has 2 fully saturated rings. The number of carbonyl (C=O) groups excluding carboxylic acids is 1. The molecular formula is C24H33ClF3N7O5. The van der Waals surface area contributed by atoms with Gasteiger partial charge in [0.1, 0.15) is 0 Å². The summed E-state index contributed by atoms with van der Waals surface area (Å²) in [5.74, 6) is -1.72. The molecule has 1 amide bonds. The number of carbonyl (C=O) groups is 2. The number of nitrogens with one attached hydrogen (secondary N) is 1. The normalized spacial score (nSPS) is 20.4. The lowest BCUT2D eigenvalue weighted by atomic mass is 9.97. The van der Waals surface area contributed by atoms with Gasteiger partial charge in [0, 0.05) is 43.8 Å². The largest absolute Gasteiger partial charge is 0.490 e. The van der Waals surface area contributed by atoms with Crippen molar-refractivity contribution in [1.82, 2.24) is 25.0 Å². The highest BCUT2D eigenvalue weighted by molar-refractivity contribution is 6.30. The van der Waals surface area contributed by atoms with E-state index >= 15 is 0 Å². The van der Waals surface area contributed by atoms with E-state index in [4.69, 9.17) is 36.7 Å². The molecule has 4 N–H and O–H groups in total. The Balaban J connectivity index is 0.000000559. The van der Waals surface area contributed by atoms with Crippen LogP contribution in [0, 0.1) is 0 Å². The van der Waals surface area contributed by atoms with Crippen molar-refractivity contribution in [3.8, 4) is 0 Å². The number of halogens is 4. The van der Waals surface area contributed by atoms with Gasteiger partial charge in [-0.2, -0.15) is 13.2 Å². The number of aromatic amines is 1. The van der Waals surface area contributed by atoms with Crippen molar-refractivity contribution in [3.63, 3.8) is 0 Å². The number of morpholine rings is 1. The molecule has 40 heavy (non-hydrogen) atoms. The van der Waals surface area contributed by atoms with E-state index in [1.807, 2.05) is 19.1 Å². The summed E-state index contributed by atoms with van der Waals surface area (Å²) >= 11 is 6.06. The van der Waals surface area contributed by atoms with Crippen molar-refractivity contribution in [2.45, 2.75) is 50.7 Å². The molecule has 2 aliphatic rings. The van der Waals surface area contributed by atoms with Crippen LogP contribution in [0.3, 0.4) is 0 Å². The molecule has 16 heteroatoms. The number of H-pyrrole nitrogens is 1. The molecule has 1 aromatic heterocycles. The van der Waals surface area contributed by atoms with E-state index in [0.717, 1.165) is 37.4 Å². The van der Waals surface area contributed by atoms with Crippen LogP contribution in [0.4, 0.5) is 29.9 Å². The van der Waals surface area contributed by atoms with E-state index in [1.165, 1.54) is 10.5 Å². The number of hydrogen-bond donors (Lipinski definition) is 3. The van der Waals surface area contributed by atoms with Gasteiger partial charge < -0.3 is 30.1 Å². The van der Waals surface area contributed by atoms with Crippen LogP contribution in [0.2, 0.25) is 5.02 Å². The fourth-order valence-electron chi connectivity index (χ4n) is 4.42. The van der Waals surface area contributed by atoms with E-state index in [9.17, 15) is 18.0 Å². The first-order valence-electron chi connectivity index (χ1n) is 12.6. The second-order valence-electron chi connectivity index (χ2n) is 9.40. The van der Waals surface area contributed by atoms with E-state index in [0.29, 0.717) is 37.6 Å². The van der Waals surface area contributed by atoms with Gasteiger partial charge in [-0.15, -0.1) is 10.2 Å². The van der Waals surface area contributed by atoms with Crippen LogP contribution in [-0.2, 0) is 20.7 Å². The molecule has 2 aromatic rings. The SMILES string of the molecule is CCN(C)C(=O)O[C@@H]1CN(C2CCN(c3nnc(N)[nH]3)CC2)[C@@H](Cc2ccc(Cl)cc2)CO1.O=C(O)C(F)(F)F. The summed E-state index contributed by atoms with van der Waals surface area (Å²) in [6, 6.07) is 8.46. The minimum absolute atomic E-state index is 0.183. The van der Waals surface area contributed by atoms with Gasteiger partial charge in [0.2, 0.25) is 18.2 Å². The monoisotopic (exact) mass is 591 g/mol. The zero-order valence-electron chi connectivity index (χ0n) is 22.1. The number of rotatable bonds is 6. The lowest BCUT2D eigenvalue weighted by Gasteiger charge is -2.46. The van der Waals surface area contributed by atoms with Crippen LogP contribution in [0.5, 0.6) is 0 Å². The van der Waals surface area contributed by atoms with Crippen molar-refractivity contribution in [1.29, 1.82) is 0 Å². The smallest absolute Gasteiger partial charge is 0.475 e. The number of nitrogens with zero attached hydrogens (tertiary/aromatic N) is 5. The number of ether oxygens (including phenoxy) is 2. The predicted octanol–water partition coefficient (Wildman–Crippen LogP) is 3.00. The van der Waals surface area contributed by atoms with E-state index < -0.39 is 18.4 Å². The van der Waals surface area contributed by atoms with Gasteiger partial charge >= 0.3 is 18.2 Å². The lowest BCUT2D eigenvalue weighted by Crippen LogP contribution is -2.58. The first kappa shape index (κ1) is 31.2. The molecule has 3 heterocycles. The fourth-order valence-corrected chi connectivity index (χ4v) is 4.55. The number of hydrogen-bond acceptors (Lipinski definition) is 9. The van der Waals surface area contributed by atoms with Gasteiger partial charge in [0.25, 0.3) is 0 Å². The highest BCUT2D eigenvalue weighted by Crippen LogP contribution is 2.27. The highest BCUT2D eigenvalue weighted by Gasteiger charge is 2.39. The van der Waals surface area contributed by atoms with E-state index in [-0.39, 0.29) is 12.1 Å². The number of piperidine rings is 1. The molecule has 2 atom stereocenters. The Morgan fingerprint density at radius 1 is 1.25 bits per heavy atom. The van der Waals surface area contributed by atoms with Crippen LogP contribution in [-0.4, -0.2) is 107 Å². The highest BCUT2D eigenvalue weighted by atomic mass is 35.5. The molecule has 1 aromatic carbocycles. The predicted molar refractivity (Wildman–Crippen MR) is 140 cm³/mol. The maximum atomic E-state index is 12.3. The molecule has 222 valence electrons. The number of carboxylic acids is 1. The third-order valence-electron chi connectivity index (χ3n) is 6.67. The molecule has 0 aliphatic carbocycles. The van der Waals surface area contributed by atoms with Crippen molar-refractivity contribution < 1.29 is 37.3 Å². The Hall–Kier alpha value is -3.30. The van der Waals surface area contributed by atoms with Crippen molar-refractivity contribution in [3.05, 3.63) is 34.9 Å². The Morgan fingerprint density at radius 2 is 1.88 bits per heavy atom. The van der Waals surface area contributed by atoms with Gasteiger partial charge in [-0.05, 0) is 43.9 Å². The number of aliphatic carboxylic acids is 1. The second kappa shape index (κ2) is 13.9. The number of nitrogen functional groups attached to an aromatic ring is 1. The minimum Gasteiger partial charge on any atom is -0.475 e. The topological polar surface area (TPSA) is 150 Å². The van der Waals surface area contributed by atoms with Gasteiger partial charge in [0.05, 0.1) is 13.2 Å². The average molecular weight is 592 g/mol. The molecule has 0 saturated carbocycles. The number of benzene rings is 1. The lowest BCUT2D eigenvalue weighted by molar-refractivity contribution is -0.192. The summed E-state index contributed by atoms with van der Waals surface area (Å²) in [4.78, 5) is 30.4. The Morgan fingerprint density at radius 3 is 2.40 bits per heavy atom. The van der Waals surface area contributed by atoms with Crippen LogP contribution < -0.4 is 10.6 Å². The van der Waals surface area contributed by atoms with Crippen LogP contribution in [0.1, 0.15) is 25.3 Å². The number of amides is 1. The summed E-state index contributed by atoms with van der Waals surface area (Å²) in [6.07, 6.45) is -3.29. The Bertz CT molecular complexity index is 1110. The maximum Gasteiger partial charge on any atom is 0.490 e. The third kappa shape index (κ3) is 8.86. The summed E-state index contributed by atoms with van der Waals surface area (Å²) < 4.78 is 43.3. The zero-order chi connectivity index (χ0) is 29.4. The van der Waals surface area contributed by atoms with Gasteiger partial charge in [-0.1, -0.05) is 23.7 Å². The number of alkyl halides is 3. The van der Waals surface area contributed by atoms with E-state index in [2.05, 4.69) is 37.1 Å². The Kier molecular flexibility index (Phi) is 10.8. The summed E-state index contributed by atoms with van der Waals surface area (Å²) in [5.41, 5.74) is 6.89. The Labute approximate surface area is 234 Å². The molecule has 4 rings (SSSR count). The summed E-state index contributed by atoms with van der Waals surface area (Å²) in [6.45, 7) is 5.21. The number of nitrogens with two attached hydrogens (primary N) is 1. The minimum atomic E-state index is -5.08. The zero-order valence-corrected chi connectivity index (χ0v) is 22.9. The van der Waals surface area contributed by atoms with Gasteiger partial charge in [0.15, 0.2) is 0 Å². The molecule has 0 spiro atoms. The summed E-state index contributed by atoms with van der Waals surface area (Å²) in [5, 5.41) is 15.8. The molecule has 0 unspecified atom stereocenters. The first-order chi connectivity index (χ1) is 18.9. The van der Waals surface area contributed by atoms with Crippen molar-refractivity contribution in [2.24, 2.45) is 0 Å². The standard InChI is InChI=1S/C22H32ClN7O3.C2HF3O2/c1-3-28(2)22(31)33-19-13-30(18(14-32-19)12-15-4-6-16(23)7-5-15)17-8-10-29(11-9-17)21-25-20(24)26-27-21;3-2(4,5)1(6)7/h4-7,17-19H,3,8-14H2,1-2H3,(H3,24,25,26,27);(H,6,7)/t18-,19+;/m0./s1. The third-order valence-corrected chi connectivity index (χ3v) is 6.93. The number of anilines is 2. The fraction of sp³-hybridized carbons (Fsp3) is 0.583. The van der Waals surface area contributed by atoms with Crippen LogP contribution in [0.15, 0.2) is 24.3 Å². The van der Waals surface area contributed by atoms with Crippen molar-refractivity contribution >= 4 is 35.6 Å². The first-order valence-corrected chi connectivity index (χ1v) is 13.0.